The fraction of sp³-hybridized carbons (Fsp3) is 0.0833. The third-order valence-electron chi connectivity index (χ3n) is 2.00. The molecule has 0 aliphatic carbocycles. The van der Waals surface area contributed by atoms with Gasteiger partial charge in [-0.1, -0.05) is 30.0 Å². The van der Waals surface area contributed by atoms with Gasteiger partial charge in [-0.05, 0) is 28.1 Å². The van der Waals surface area contributed by atoms with Crippen LogP contribution in [-0.2, 0) is 4.74 Å². The number of benzene rings is 1. The van der Waals surface area contributed by atoms with Crippen molar-refractivity contribution in [3.8, 4) is 0 Å². The van der Waals surface area contributed by atoms with E-state index in [0.717, 1.165) is 9.37 Å². The third kappa shape index (κ3) is 2.92. The number of methoxy groups -OCH3 is 1. The van der Waals surface area contributed by atoms with E-state index in [1.165, 1.54) is 18.9 Å². The summed E-state index contributed by atoms with van der Waals surface area (Å²) >= 11 is 4.79. The molecule has 0 saturated carbocycles. The fourth-order valence-corrected chi connectivity index (χ4v) is 2.55. The molecule has 2 aromatic rings. The maximum atomic E-state index is 11.3. The van der Waals surface area contributed by atoms with E-state index in [-0.39, 0.29) is 5.76 Å². The summed E-state index contributed by atoms with van der Waals surface area (Å²) in [5.74, 6) is -0.289. The molecule has 2 rings (SSSR count). The molecule has 1 aromatic heterocycles. The van der Waals surface area contributed by atoms with Crippen molar-refractivity contribution in [1.29, 1.82) is 0 Å². The SMILES string of the molecule is COC(=O)c1cc(Br)c(Sc2ccccc2)o1. The van der Waals surface area contributed by atoms with Crippen molar-refractivity contribution in [1.82, 2.24) is 0 Å². The van der Waals surface area contributed by atoms with Gasteiger partial charge in [0.15, 0.2) is 5.09 Å². The third-order valence-corrected chi connectivity index (χ3v) is 3.84. The quantitative estimate of drug-likeness (QED) is 0.804. The summed E-state index contributed by atoms with van der Waals surface area (Å²) < 4.78 is 10.7. The Kier molecular flexibility index (Phi) is 3.91. The molecular formula is C12H9BrO3S. The van der Waals surface area contributed by atoms with Crippen molar-refractivity contribution in [3.63, 3.8) is 0 Å². The molecule has 0 aliphatic heterocycles. The predicted molar refractivity (Wildman–Crippen MR) is 68.3 cm³/mol. The Hall–Kier alpha value is -1.20. The Morgan fingerprint density at radius 3 is 2.71 bits per heavy atom. The van der Waals surface area contributed by atoms with Crippen LogP contribution in [0.4, 0.5) is 0 Å². The standard InChI is InChI=1S/C12H9BrO3S/c1-15-11(14)10-7-9(13)12(16-10)17-8-5-3-2-4-6-8/h2-7H,1H3. The molecule has 0 atom stereocenters. The largest absolute Gasteiger partial charge is 0.463 e. The Morgan fingerprint density at radius 1 is 1.35 bits per heavy atom. The molecule has 0 N–H and O–H groups in total. The molecule has 0 unspecified atom stereocenters. The number of rotatable bonds is 3. The Balaban J connectivity index is 2.22. The van der Waals surface area contributed by atoms with Gasteiger partial charge < -0.3 is 9.15 Å². The number of furan rings is 1. The summed E-state index contributed by atoms with van der Waals surface area (Å²) in [6, 6.07) is 11.4. The van der Waals surface area contributed by atoms with Crippen LogP contribution < -0.4 is 0 Å². The number of halogens is 1. The van der Waals surface area contributed by atoms with E-state index < -0.39 is 5.97 Å². The van der Waals surface area contributed by atoms with Crippen LogP contribution in [0.5, 0.6) is 0 Å². The lowest BCUT2D eigenvalue weighted by Crippen LogP contribution is -1.98. The van der Waals surface area contributed by atoms with Crippen molar-refractivity contribution in [3.05, 3.63) is 46.6 Å². The number of hydrogen-bond acceptors (Lipinski definition) is 4. The minimum absolute atomic E-state index is 0.192. The summed E-state index contributed by atoms with van der Waals surface area (Å²) in [4.78, 5) is 12.3. The van der Waals surface area contributed by atoms with Crippen LogP contribution in [-0.4, -0.2) is 13.1 Å². The van der Waals surface area contributed by atoms with Gasteiger partial charge in [-0.3, -0.25) is 0 Å². The summed E-state index contributed by atoms with van der Waals surface area (Å²) in [6.45, 7) is 0. The normalized spacial score (nSPS) is 10.2. The molecule has 0 bridgehead atoms. The van der Waals surface area contributed by atoms with Gasteiger partial charge in [0.25, 0.3) is 0 Å². The first-order valence-electron chi connectivity index (χ1n) is 4.81. The first-order chi connectivity index (χ1) is 8.20. The molecule has 0 fully saturated rings. The Bertz CT molecular complexity index is 522. The number of carbonyl (C=O) groups is 1. The first-order valence-corrected chi connectivity index (χ1v) is 6.42. The van der Waals surface area contributed by atoms with E-state index >= 15 is 0 Å². The van der Waals surface area contributed by atoms with Crippen LogP contribution in [0.25, 0.3) is 0 Å². The molecule has 0 radical (unpaired) electrons. The highest BCUT2D eigenvalue weighted by Crippen LogP contribution is 2.35. The van der Waals surface area contributed by atoms with Crippen LogP contribution in [0.2, 0.25) is 0 Å². The summed E-state index contributed by atoms with van der Waals surface area (Å²) in [5, 5.41) is 0.636. The lowest BCUT2D eigenvalue weighted by molar-refractivity contribution is 0.0559. The monoisotopic (exact) mass is 312 g/mol. The molecule has 88 valence electrons. The van der Waals surface area contributed by atoms with E-state index in [4.69, 9.17) is 4.42 Å². The molecular weight excluding hydrogens is 304 g/mol. The second-order valence-corrected chi connectivity index (χ2v) is 5.05. The van der Waals surface area contributed by atoms with Crippen molar-refractivity contribution in [2.24, 2.45) is 0 Å². The molecule has 3 nitrogen and oxygen atoms in total. The molecule has 0 saturated heterocycles. The van der Waals surface area contributed by atoms with Gasteiger partial charge in [0.2, 0.25) is 5.76 Å². The maximum Gasteiger partial charge on any atom is 0.374 e. The average molecular weight is 313 g/mol. The van der Waals surface area contributed by atoms with Crippen LogP contribution in [0.3, 0.4) is 0 Å². The summed E-state index contributed by atoms with van der Waals surface area (Å²) in [6.07, 6.45) is 0. The van der Waals surface area contributed by atoms with Crippen molar-refractivity contribution < 1.29 is 13.9 Å². The van der Waals surface area contributed by atoms with E-state index in [1.54, 1.807) is 6.07 Å². The van der Waals surface area contributed by atoms with Crippen molar-refractivity contribution in [2.75, 3.05) is 7.11 Å². The molecule has 1 aromatic carbocycles. The van der Waals surface area contributed by atoms with E-state index in [2.05, 4.69) is 20.7 Å². The molecule has 0 aliphatic rings. The molecule has 5 heteroatoms. The number of ether oxygens (including phenoxy) is 1. The minimum Gasteiger partial charge on any atom is -0.463 e. The van der Waals surface area contributed by atoms with Gasteiger partial charge >= 0.3 is 5.97 Å². The highest BCUT2D eigenvalue weighted by atomic mass is 79.9. The van der Waals surface area contributed by atoms with E-state index in [1.807, 2.05) is 30.3 Å². The number of hydrogen-bond donors (Lipinski definition) is 0. The van der Waals surface area contributed by atoms with Gasteiger partial charge in [0.1, 0.15) is 0 Å². The molecule has 0 spiro atoms. The molecule has 17 heavy (non-hydrogen) atoms. The van der Waals surface area contributed by atoms with Gasteiger partial charge in [0.05, 0.1) is 11.6 Å². The zero-order valence-corrected chi connectivity index (χ0v) is 11.4. The first kappa shape index (κ1) is 12.3. The summed E-state index contributed by atoms with van der Waals surface area (Å²) in [7, 11) is 1.32. The van der Waals surface area contributed by atoms with Crippen LogP contribution in [0.1, 0.15) is 10.6 Å². The average Bonchev–Trinajstić information content (AvgIpc) is 2.71. The van der Waals surface area contributed by atoms with Gasteiger partial charge in [-0.15, -0.1) is 0 Å². The lowest BCUT2D eigenvalue weighted by Gasteiger charge is -1.97. The molecule has 0 amide bonds. The summed E-state index contributed by atoms with van der Waals surface area (Å²) in [5.41, 5.74) is 0. The highest BCUT2D eigenvalue weighted by molar-refractivity contribution is 9.10. The highest BCUT2D eigenvalue weighted by Gasteiger charge is 2.16. The molecule has 1 heterocycles. The minimum atomic E-state index is -0.481. The topological polar surface area (TPSA) is 39.4 Å². The predicted octanol–water partition coefficient (Wildman–Crippen LogP) is 3.98. The Morgan fingerprint density at radius 2 is 2.06 bits per heavy atom. The number of carbonyl (C=O) groups excluding carboxylic acids is 1. The van der Waals surface area contributed by atoms with Gasteiger partial charge in [0, 0.05) is 11.0 Å². The smallest absolute Gasteiger partial charge is 0.374 e. The zero-order chi connectivity index (χ0) is 12.3. The van der Waals surface area contributed by atoms with Crippen LogP contribution in [0, 0.1) is 0 Å². The van der Waals surface area contributed by atoms with Gasteiger partial charge in [-0.25, -0.2) is 4.79 Å². The van der Waals surface area contributed by atoms with Crippen LogP contribution >= 0.6 is 27.7 Å². The van der Waals surface area contributed by atoms with E-state index in [0.29, 0.717) is 5.09 Å². The lowest BCUT2D eigenvalue weighted by atomic mass is 10.4. The Labute approximate surface area is 111 Å². The second-order valence-electron chi connectivity index (χ2n) is 3.15. The number of esters is 1. The van der Waals surface area contributed by atoms with E-state index in [9.17, 15) is 4.79 Å². The van der Waals surface area contributed by atoms with Crippen LogP contribution in [0.15, 0.2) is 55.3 Å². The zero-order valence-electron chi connectivity index (χ0n) is 8.98. The fourth-order valence-electron chi connectivity index (χ4n) is 1.22. The van der Waals surface area contributed by atoms with Crippen molar-refractivity contribution >= 4 is 33.7 Å². The second kappa shape index (κ2) is 5.42. The van der Waals surface area contributed by atoms with Crippen molar-refractivity contribution in [2.45, 2.75) is 9.99 Å². The maximum absolute atomic E-state index is 11.3. The van der Waals surface area contributed by atoms with Gasteiger partial charge in [-0.2, -0.15) is 0 Å².